The molecule has 0 atom stereocenters. The summed E-state index contributed by atoms with van der Waals surface area (Å²) < 4.78 is 39.9. The van der Waals surface area contributed by atoms with E-state index in [0.29, 0.717) is 16.6 Å². The molecule has 0 saturated carbocycles. The smallest absolute Gasteiger partial charge is 0.308 e. The number of nitrogens with zero attached hydrogens (tertiary/aromatic N) is 2. The van der Waals surface area contributed by atoms with Crippen LogP contribution in [-0.2, 0) is 12.7 Å². The maximum Gasteiger partial charge on any atom is 0.416 e. The third kappa shape index (κ3) is 5.42. The van der Waals surface area contributed by atoms with Crippen LogP contribution in [0.1, 0.15) is 16.8 Å². The van der Waals surface area contributed by atoms with Crippen molar-refractivity contribution in [3.63, 3.8) is 0 Å². The zero-order chi connectivity index (χ0) is 21.2. The Hall–Kier alpha value is -2.71. The van der Waals surface area contributed by atoms with E-state index < -0.39 is 17.8 Å². The van der Waals surface area contributed by atoms with Gasteiger partial charge < -0.3 is 5.32 Å². The van der Waals surface area contributed by atoms with Crippen molar-refractivity contribution < 1.29 is 18.0 Å². The lowest BCUT2D eigenvalue weighted by molar-refractivity contribution is -0.137. The average Bonchev–Trinajstić information content (AvgIpc) is 2.95. The number of aryl methyl sites for hydroxylation is 1. The quantitative estimate of drug-likeness (QED) is 0.504. The van der Waals surface area contributed by atoms with Gasteiger partial charge in [0.15, 0.2) is 5.82 Å². The number of benzene rings is 2. The number of carbonyl (C=O) groups is 1. The van der Waals surface area contributed by atoms with Crippen LogP contribution >= 0.6 is 23.2 Å². The minimum atomic E-state index is -4.49. The number of halogens is 5. The summed E-state index contributed by atoms with van der Waals surface area (Å²) in [5.41, 5.74) is 0.712. The lowest BCUT2D eigenvalue weighted by Gasteiger charge is -2.10. The first-order valence-corrected chi connectivity index (χ1v) is 9.11. The summed E-state index contributed by atoms with van der Waals surface area (Å²) in [5, 5.41) is 10.2. The Morgan fingerprint density at radius 2 is 1.86 bits per heavy atom. The highest BCUT2D eigenvalue weighted by atomic mass is 35.5. The predicted octanol–water partition coefficient (Wildman–Crippen LogP) is 6.21. The average molecular weight is 443 g/mol. The van der Waals surface area contributed by atoms with Crippen molar-refractivity contribution >= 4 is 40.7 Å². The molecule has 5 nitrogen and oxygen atoms in total. The Kier molecular flexibility index (Phi) is 6.04. The van der Waals surface area contributed by atoms with Crippen molar-refractivity contribution in [2.45, 2.75) is 19.6 Å². The molecular weight excluding hydrogens is 428 g/mol. The molecule has 0 saturated heterocycles. The Bertz CT molecular complexity index is 1050. The van der Waals surface area contributed by atoms with E-state index in [0.717, 1.165) is 23.4 Å². The first-order chi connectivity index (χ1) is 13.6. The molecule has 0 radical (unpaired) electrons. The molecule has 0 unspecified atom stereocenters. The molecule has 0 aliphatic rings. The Balaban J connectivity index is 1.68. The second-order valence-electron chi connectivity index (χ2n) is 6.22. The van der Waals surface area contributed by atoms with Gasteiger partial charge in [0, 0.05) is 27.5 Å². The molecule has 2 N–H and O–H groups in total. The Morgan fingerprint density at radius 1 is 1.10 bits per heavy atom. The standard InChI is InChI=1S/C19H15Cl2F3N4O/c1-11-7-17(27-28(11)10-12-5-6-14(20)9-16(12)21)26-18(29)25-15-4-2-3-13(8-15)19(22,23)24/h2-9H,10H2,1H3,(H2,25,26,27,29). The zero-order valence-corrected chi connectivity index (χ0v) is 16.5. The number of rotatable bonds is 4. The van der Waals surface area contributed by atoms with Crippen LogP contribution in [0.2, 0.25) is 10.0 Å². The van der Waals surface area contributed by atoms with Crippen molar-refractivity contribution in [3.8, 4) is 0 Å². The number of urea groups is 1. The van der Waals surface area contributed by atoms with E-state index in [-0.39, 0.29) is 11.5 Å². The SMILES string of the molecule is Cc1cc(NC(=O)Nc2cccc(C(F)(F)F)c2)nn1Cc1ccc(Cl)cc1Cl. The van der Waals surface area contributed by atoms with Gasteiger partial charge in [0.25, 0.3) is 0 Å². The Morgan fingerprint density at radius 3 is 2.55 bits per heavy atom. The number of alkyl halides is 3. The fourth-order valence-electron chi connectivity index (χ4n) is 2.59. The van der Waals surface area contributed by atoms with Crippen LogP contribution in [0.15, 0.2) is 48.5 Å². The van der Waals surface area contributed by atoms with Crippen LogP contribution in [0.3, 0.4) is 0 Å². The van der Waals surface area contributed by atoms with Crippen LogP contribution in [-0.4, -0.2) is 15.8 Å². The van der Waals surface area contributed by atoms with E-state index in [1.165, 1.54) is 12.1 Å². The van der Waals surface area contributed by atoms with Gasteiger partial charge in [-0.15, -0.1) is 0 Å². The van der Waals surface area contributed by atoms with Crippen LogP contribution in [0.25, 0.3) is 0 Å². The lowest BCUT2D eigenvalue weighted by atomic mass is 10.2. The van der Waals surface area contributed by atoms with E-state index in [1.54, 1.807) is 35.9 Å². The second-order valence-corrected chi connectivity index (χ2v) is 7.07. The molecule has 10 heteroatoms. The van der Waals surface area contributed by atoms with Crippen molar-refractivity contribution in [2.75, 3.05) is 10.6 Å². The number of hydrogen-bond acceptors (Lipinski definition) is 2. The molecule has 2 amide bonds. The fraction of sp³-hybridized carbons (Fsp3) is 0.158. The number of nitrogens with one attached hydrogen (secondary N) is 2. The molecule has 152 valence electrons. The summed E-state index contributed by atoms with van der Waals surface area (Å²) in [7, 11) is 0. The summed E-state index contributed by atoms with van der Waals surface area (Å²) in [5.74, 6) is 0.247. The van der Waals surface area contributed by atoms with Crippen LogP contribution in [0.4, 0.5) is 29.5 Å². The van der Waals surface area contributed by atoms with E-state index in [4.69, 9.17) is 23.2 Å². The van der Waals surface area contributed by atoms with Crippen LogP contribution < -0.4 is 10.6 Å². The topological polar surface area (TPSA) is 59.0 Å². The van der Waals surface area contributed by atoms with Crippen molar-refractivity contribution in [3.05, 3.63) is 75.4 Å². The minimum Gasteiger partial charge on any atom is -0.308 e. The van der Waals surface area contributed by atoms with Crippen molar-refractivity contribution in [2.24, 2.45) is 0 Å². The molecule has 2 aromatic carbocycles. The largest absolute Gasteiger partial charge is 0.416 e. The van der Waals surface area contributed by atoms with Crippen molar-refractivity contribution in [1.82, 2.24) is 9.78 Å². The van der Waals surface area contributed by atoms with Crippen LogP contribution in [0, 0.1) is 6.92 Å². The molecule has 29 heavy (non-hydrogen) atoms. The van der Waals surface area contributed by atoms with Gasteiger partial charge in [0.05, 0.1) is 12.1 Å². The predicted molar refractivity (Wildman–Crippen MR) is 107 cm³/mol. The molecule has 1 heterocycles. The second kappa shape index (κ2) is 8.34. The van der Waals surface area contributed by atoms with Gasteiger partial charge in [-0.2, -0.15) is 18.3 Å². The number of carbonyl (C=O) groups excluding carboxylic acids is 1. The van der Waals surface area contributed by atoms with Gasteiger partial charge in [-0.3, -0.25) is 10.00 Å². The van der Waals surface area contributed by atoms with Gasteiger partial charge in [0.2, 0.25) is 0 Å². The summed E-state index contributed by atoms with van der Waals surface area (Å²) >= 11 is 12.1. The first kappa shape index (κ1) is 21.0. The maximum atomic E-state index is 12.8. The van der Waals surface area contributed by atoms with Gasteiger partial charge in [-0.1, -0.05) is 35.3 Å². The monoisotopic (exact) mass is 442 g/mol. The molecule has 0 aliphatic heterocycles. The number of amides is 2. The van der Waals surface area contributed by atoms with E-state index in [9.17, 15) is 18.0 Å². The van der Waals surface area contributed by atoms with Crippen LogP contribution in [0.5, 0.6) is 0 Å². The molecule has 0 fully saturated rings. The maximum absolute atomic E-state index is 12.8. The summed E-state index contributed by atoms with van der Waals surface area (Å²) in [6.07, 6.45) is -4.49. The highest BCUT2D eigenvalue weighted by Gasteiger charge is 2.30. The first-order valence-electron chi connectivity index (χ1n) is 8.35. The molecule has 3 aromatic rings. The number of anilines is 2. The normalized spacial score (nSPS) is 11.4. The van der Waals surface area contributed by atoms with E-state index >= 15 is 0 Å². The third-order valence-electron chi connectivity index (χ3n) is 4.01. The fourth-order valence-corrected chi connectivity index (χ4v) is 3.06. The summed E-state index contributed by atoms with van der Waals surface area (Å²) in [4.78, 5) is 12.1. The number of hydrogen-bond donors (Lipinski definition) is 2. The number of aromatic nitrogens is 2. The summed E-state index contributed by atoms with van der Waals surface area (Å²) in [6.45, 7) is 2.16. The lowest BCUT2D eigenvalue weighted by Crippen LogP contribution is -2.20. The molecule has 0 spiro atoms. The molecular formula is C19H15Cl2F3N4O. The highest BCUT2D eigenvalue weighted by Crippen LogP contribution is 2.30. The highest BCUT2D eigenvalue weighted by molar-refractivity contribution is 6.35. The third-order valence-corrected chi connectivity index (χ3v) is 4.59. The molecule has 0 bridgehead atoms. The van der Waals surface area contributed by atoms with E-state index in [2.05, 4.69) is 15.7 Å². The van der Waals surface area contributed by atoms with Crippen molar-refractivity contribution in [1.29, 1.82) is 0 Å². The van der Waals surface area contributed by atoms with Gasteiger partial charge >= 0.3 is 12.2 Å². The van der Waals surface area contributed by atoms with Gasteiger partial charge in [0.1, 0.15) is 0 Å². The van der Waals surface area contributed by atoms with E-state index in [1.807, 2.05) is 0 Å². The van der Waals surface area contributed by atoms with Gasteiger partial charge in [-0.25, -0.2) is 4.79 Å². The zero-order valence-electron chi connectivity index (χ0n) is 15.0. The van der Waals surface area contributed by atoms with Gasteiger partial charge in [-0.05, 0) is 42.8 Å². The Labute approximate surface area is 174 Å². The minimum absolute atomic E-state index is 0.0152. The molecule has 3 rings (SSSR count). The molecule has 1 aromatic heterocycles. The molecule has 0 aliphatic carbocycles. The summed E-state index contributed by atoms with van der Waals surface area (Å²) in [6, 6.07) is 10.4.